The summed E-state index contributed by atoms with van der Waals surface area (Å²) in [6, 6.07) is 8.08. The summed E-state index contributed by atoms with van der Waals surface area (Å²) in [4.78, 5) is 44.9. The largest absolute Gasteiger partial charge is 0.350 e. The molecular weight excluding hydrogens is 391 g/mol. The highest BCUT2D eigenvalue weighted by Gasteiger charge is 2.17. The van der Waals surface area contributed by atoms with Gasteiger partial charge in [-0.2, -0.15) is 0 Å². The second-order valence-electron chi connectivity index (χ2n) is 6.00. The SMILES string of the molecule is O=c1[nH]n(CC(Cl)c2cccnc2)c(=O)c2c(=O)c3ccc(Cl)cc3[nH]c12. The maximum absolute atomic E-state index is 12.9. The van der Waals surface area contributed by atoms with Crippen LogP contribution >= 0.6 is 23.2 Å². The fraction of sp³-hybridized carbons (Fsp3) is 0.111. The van der Waals surface area contributed by atoms with Gasteiger partial charge in [0.2, 0.25) is 5.43 Å². The fourth-order valence-corrected chi connectivity index (χ4v) is 3.40. The van der Waals surface area contributed by atoms with E-state index in [4.69, 9.17) is 23.2 Å². The molecule has 4 rings (SSSR count). The number of benzene rings is 1. The molecule has 0 bridgehead atoms. The molecule has 27 heavy (non-hydrogen) atoms. The van der Waals surface area contributed by atoms with E-state index in [-0.39, 0.29) is 22.8 Å². The molecule has 9 heteroatoms. The van der Waals surface area contributed by atoms with E-state index in [2.05, 4.69) is 15.1 Å². The number of aromatic nitrogens is 4. The van der Waals surface area contributed by atoms with Gasteiger partial charge in [-0.15, -0.1) is 11.6 Å². The molecule has 3 aromatic heterocycles. The zero-order valence-corrected chi connectivity index (χ0v) is 15.2. The number of aromatic amines is 2. The van der Waals surface area contributed by atoms with Crippen molar-refractivity contribution < 1.29 is 0 Å². The Bertz CT molecular complexity index is 1340. The molecule has 1 unspecified atom stereocenters. The minimum absolute atomic E-state index is 0.0185. The predicted octanol–water partition coefficient (Wildman–Crippen LogP) is 2.56. The van der Waals surface area contributed by atoms with Crippen LogP contribution in [0.1, 0.15) is 10.9 Å². The van der Waals surface area contributed by atoms with E-state index in [1.165, 1.54) is 12.1 Å². The lowest BCUT2D eigenvalue weighted by atomic mass is 10.1. The average Bonchev–Trinajstić information content (AvgIpc) is 2.66. The number of hydrogen-bond donors (Lipinski definition) is 2. The van der Waals surface area contributed by atoms with Gasteiger partial charge in [-0.25, -0.2) is 4.68 Å². The molecule has 4 aromatic rings. The molecule has 7 nitrogen and oxygen atoms in total. The maximum Gasteiger partial charge on any atom is 0.287 e. The Kier molecular flexibility index (Phi) is 4.33. The topological polar surface area (TPSA) is 101 Å². The number of H-pyrrole nitrogens is 2. The molecule has 0 aliphatic heterocycles. The third-order valence-electron chi connectivity index (χ3n) is 4.27. The van der Waals surface area contributed by atoms with Crippen molar-refractivity contribution in [2.75, 3.05) is 0 Å². The highest BCUT2D eigenvalue weighted by molar-refractivity contribution is 6.31. The molecule has 2 N–H and O–H groups in total. The lowest BCUT2D eigenvalue weighted by molar-refractivity contribution is 0.564. The average molecular weight is 403 g/mol. The van der Waals surface area contributed by atoms with Crippen molar-refractivity contribution in [1.82, 2.24) is 19.7 Å². The van der Waals surface area contributed by atoms with Crippen LogP contribution in [-0.2, 0) is 6.54 Å². The zero-order chi connectivity index (χ0) is 19.1. The monoisotopic (exact) mass is 402 g/mol. The van der Waals surface area contributed by atoms with E-state index in [9.17, 15) is 14.4 Å². The summed E-state index contributed by atoms with van der Waals surface area (Å²) >= 11 is 12.3. The Morgan fingerprint density at radius 2 is 2.00 bits per heavy atom. The van der Waals surface area contributed by atoms with Crippen LogP contribution in [0.3, 0.4) is 0 Å². The maximum atomic E-state index is 12.9. The minimum Gasteiger partial charge on any atom is -0.350 e. The van der Waals surface area contributed by atoms with E-state index < -0.39 is 21.9 Å². The van der Waals surface area contributed by atoms with Crippen LogP contribution in [0, 0.1) is 0 Å². The Labute approximate surface area is 161 Å². The summed E-state index contributed by atoms with van der Waals surface area (Å²) in [5.74, 6) is 0. The smallest absolute Gasteiger partial charge is 0.287 e. The van der Waals surface area contributed by atoms with Crippen LogP contribution < -0.4 is 16.5 Å². The minimum atomic E-state index is -0.628. The highest BCUT2D eigenvalue weighted by Crippen LogP contribution is 2.20. The summed E-state index contributed by atoms with van der Waals surface area (Å²) < 4.78 is 1.05. The molecular formula is C18H12Cl2N4O3. The van der Waals surface area contributed by atoms with Crippen molar-refractivity contribution >= 4 is 45.0 Å². The highest BCUT2D eigenvalue weighted by atomic mass is 35.5. The molecule has 0 saturated heterocycles. The van der Waals surface area contributed by atoms with Gasteiger partial charge in [-0.3, -0.25) is 24.5 Å². The van der Waals surface area contributed by atoms with Crippen molar-refractivity contribution in [3.05, 3.63) is 84.2 Å². The van der Waals surface area contributed by atoms with E-state index in [0.717, 1.165) is 4.68 Å². The summed E-state index contributed by atoms with van der Waals surface area (Å²) in [6.45, 7) is -0.0185. The van der Waals surface area contributed by atoms with Gasteiger partial charge >= 0.3 is 0 Å². The van der Waals surface area contributed by atoms with Gasteiger partial charge in [-0.1, -0.05) is 17.7 Å². The predicted molar refractivity (Wildman–Crippen MR) is 105 cm³/mol. The van der Waals surface area contributed by atoms with Crippen molar-refractivity contribution in [3.63, 3.8) is 0 Å². The lowest BCUT2D eigenvalue weighted by Crippen LogP contribution is -2.34. The number of nitrogens with one attached hydrogen (secondary N) is 2. The Balaban J connectivity index is 1.93. The van der Waals surface area contributed by atoms with Crippen molar-refractivity contribution in [3.8, 4) is 0 Å². The van der Waals surface area contributed by atoms with Crippen molar-refractivity contribution in [1.29, 1.82) is 0 Å². The number of halogens is 2. The van der Waals surface area contributed by atoms with Crippen LogP contribution in [0.15, 0.2) is 57.1 Å². The van der Waals surface area contributed by atoms with Gasteiger partial charge in [-0.05, 0) is 29.8 Å². The first-order chi connectivity index (χ1) is 13.0. The quantitative estimate of drug-likeness (QED) is 0.406. The van der Waals surface area contributed by atoms with Crippen LogP contribution in [0.5, 0.6) is 0 Å². The fourth-order valence-electron chi connectivity index (χ4n) is 2.96. The van der Waals surface area contributed by atoms with Gasteiger partial charge in [0.15, 0.2) is 0 Å². The summed E-state index contributed by atoms with van der Waals surface area (Å²) in [5, 5.41) is 2.32. The number of fused-ring (bicyclic) bond motifs is 2. The third kappa shape index (κ3) is 3.05. The number of hydrogen-bond acceptors (Lipinski definition) is 4. The van der Waals surface area contributed by atoms with Gasteiger partial charge in [0.25, 0.3) is 11.1 Å². The Morgan fingerprint density at radius 1 is 1.19 bits per heavy atom. The first-order valence-electron chi connectivity index (χ1n) is 7.98. The molecule has 0 spiro atoms. The number of rotatable bonds is 3. The van der Waals surface area contributed by atoms with Crippen molar-refractivity contribution in [2.24, 2.45) is 0 Å². The summed E-state index contributed by atoms with van der Waals surface area (Å²) in [7, 11) is 0. The number of nitrogens with zero attached hydrogens (tertiary/aromatic N) is 2. The summed E-state index contributed by atoms with van der Waals surface area (Å²) in [6.07, 6.45) is 3.18. The standard InChI is InChI=1S/C18H12Cl2N4O3/c19-10-3-4-11-13(6-10)22-15-14(16(11)25)18(27)24(23-17(15)26)8-12(20)9-2-1-5-21-7-9/h1-7,12H,8H2,(H,22,25)(H,23,26). The molecule has 0 amide bonds. The molecule has 1 atom stereocenters. The molecule has 136 valence electrons. The van der Waals surface area contributed by atoms with Crippen LogP contribution in [0.25, 0.3) is 21.8 Å². The van der Waals surface area contributed by atoms with Gasteiger partial charge < -0.3 is 4.98 Å². The molecule has 0 aliphatic rings. The normalized spacial score (nSPS) is 12.5. The van der Waals surface area contributed by atoms with Crippen LogP contribution in [0.4, 0.5) is 0 Å². The second-order valence-corrected chi connectivity index (χ2v) is 6.97. The van der Waals surface area contributed by atoms with E-state index >= 15 is 0 Å². The molecule has 0 radical (unpaired) electrons. The third-order valence-corrected chi connectivity index (χ3v) is 4.90. The Hall–Kier alpha value is -2.90. The number of alkyl halides is 1. The Morgan fingerprint density at radius 3 is 2.74 bits per heavy atom. The van der Waals surface area contributed by atoms with Crippen molar-refractivity contribution in [2.45, 2.75) is 11.9 Å². The molecule has 3 heterocycles. The summed E-state index contributed by atoms with van der Waals surface area (Å²) in [5.41, 5.74) is -0.783. The first-order valence-corrected chi connectivity index (χ1v) is 8.79. The first kappa shape index (κ1) is 17.5. The van der Waals surface area contributed by atoms with Crippen LogP contribution in [-0.4, -0.2) is 19.7 Å². The molecule has 1 aromatic carbocycles. The number of pyridine rings is 2. The van der Waals surface area contributed by atoms with Gasteiger partial charge in [0.1, 0.15) is 10.9 Å². The van der Waals surface area contributed by atoms with E-state index in [1.54, 1.807) is 30.6 Å². The molecule has 0 aliphatic carbocycles. The molecule has 0 saturated carbocycles. The van der Waals surface area contributed by atoms with Crippen LogP contribution in [0.2, 0.25) is 5.02 Å². The molecule has 0 fully saturated rings. The van der Waals surface area contributed by atoms with E-state index in [0.29, 0.717) is 16.1 Å². The lowest BCUT2D eigenvalue weighted by Gasteiger charge is -2.12. The van der Waals surface area contributed by atoms with E-state index in [1.807, 2.05) is 0 Å². The second kappa shape index (κ2) is 6.68. The van der Waals surface area contributed by atoms with Gasteiger partial charge in [0, 0.05) is 22.8 Å². The zero-order valence-electron chi connectivity index (χ0n) is 13.7. The van der Waals surface area contributed by atoms with Gasteiger partial charge in [0.05, 0.1) is 17.4 Å².